The van der Waals surface area contributed by atoms with Crippen LogP contribution in [-0.4, -0.2) is 61.4 Å². The van der Waals surface area contributed by atoms with Gasteiger partial charge in [-0.3, -0.25) is 14.5 Å². The van der Waals surface area contributed by atoms with Crippen LogP contribution in [0.1, 0.15) is 37.7 Å². The molecule has 1 aromatic rings. The molecule has 148 valence electrons. The highest BCUT2D eigenvalue weighted by Crippen LogP contribution is 2.21. The summed E-state index contributed by atoms with van der Waals surface area (Å²) in [6.45, 7) is 4.41. The molecular weight excluding hydrogens is 342 g/mol. The van der Waals surface area contributed by atoms with E-state index in [0.29, 0.717) is 19.0 Å². The number of carbonyl (C=O) groups excluding carboxylic acids is 2. The van der Waals surface area contributed by atoms with Crippen LogP contribution in [0.5, 0.6) is 5.75 Å². The Kier molecular flexibility index (Phi) is 7.10. The van der Waals surface area contributed by atoms with E-state index in [1.165, 1.54) is 6.42 Å². The van der Waals surface area contributed by atoms with Gasteiger partial charge in [0.15, 0.2) is 0 Å². The van der Waals surface area contributed by atoms with Gasteiger partial charge in [-0.05, 0) is 62.9 Å². The third kappa shape index (κ3) is 5.70. The summed E-state index contributed by atoms with van der Waals surface area (Å²) in [7, 11) is 1.64. The fraction of sp³-hybridized carbons (Fsp3) is 0.619. The number of rotatable bonds is 6. The zero-order valence-electron chi connectivity index (χ0n) is 16.3. The fourth-order valence-electron chi connectivity index (χ4n) is 3.91. The van der Waals surface area contributed by atoms with Crippen LogP contribution >= 0.6 is 0 Å². The van der Waals surface area contributed by atoms with Crippen LogP contribution in [0.25, 0.3) is 0 Å². The van der Waals surface area contributed by atoms with Crippen molar-refractivity contribution in [3.8, 4) is 5.75 Å². The molecule has 0 unspecified atom stereocenters. The second-order valence-corrected chi connectivity index (χ2v) is 7.56. The number of piperidine rings is 2. The van der Waals surface area contributed by atoms with Crippen molar-refractivity contribution in [3.05, 3.63) is 29.8 Å². The van der Waals surface area contributed by atoms with Gasteiger partial charge in [0.1, 0.15) is 5.75 Å². The van der Waals surface area contributed by atoms with E-state index in [4.69, 9.17) is 4.74 Å². The molecule has 2 amide bonds. The van der Waals surface area contributed by atoms with Crippen molar-refractivity contribution in [2.24, 2.45) is 5.92 Å². The van der Waals surface area contributed by atoms with E-state index in [1.807, 2.05) is 29.2 Å². The number of carbonyl (C=O) groups is 2. The van der Waals surface area contributed by atoms with Crippen LogP contribution in [0, 0.1) is 5.92 Å². The van der Waals surface area contributed by atoms with Crippen molar-refractivity contribution >= 4 is 11.8 Å². The summed E-state index contributed by atoms with van der Waals surface area (Å²) >= 11 is 0. The Hall–Kier alpha value is -2.08. The first kappa shape index (κ1) is 19.7. The SMILES string of the molecule is COc1ccc(CNC(=O)CN2CCC(C(=O)N3CCCCC3)CC2)cc1. The molecule has 6 heteroatoms. The van der Waals surface area contributed by atoms with Crippen LogP contribution in [0.3, 0.4) is 0 Å². The van der Waals surface area contributed by atoms with Gasteiger partial charge in [-0.15, -0.1) is 0 Å². The standard InChI is InChI=1S/C21H31N3O3/c1-27-19-7-5-17(6-8-19)15-22-20(25)16-23-13-9-18(10-14-23)21(26)24-11-3-2-4-12-24/h5-8,18H,2-4,9-16H2,1H3,(H,22,25). The van der Waals surface area contributed by atoms with Gasteiger partial charge >= 0.3 is 0 Å². The van der Waals surface area contributed by atoms with Gasteiger partial charge in [0.2, 0.25) is 11.8 Å². The fourth-order valence-corrected chi connectivity index (χ4v) is 3.91. The van der Waals surface area contributed by atoms with E-state index in [-0.39, 0.29) is 11.8 Å². The molecule has 27 heavy (non-hydrogen) atoms. The normalized spacial score (nSPS) is 18.9. The predicted molar refractivity (Wildman–Crippen MR) is 104 cm³/mol. The number of likely N-dealkylation sites (tertiary alicyclic amines) is 2. The lowest BCUT2D eigenvalue weighted by Gasteiger charge is -2.35. The van der Waals surface area contributed by atoms with Gasteiger partial charge < -0.3 is 15.0 Å². The molecule has 6 nitrogen and oxygen atoms in total. The Morgan fingerprint density at radius 3 is 2.33 bits per heavy atom. The maximum Gasteiger partial charge on any atom is 0.234 e. The van der Waals surface area contributed by atoms with Crippen molar-refractivity contribution < 1.29 is 14.3 Å². The van der Waals surface area contributed by atoms with Crippen molar-refractivity contribution in [1.82, 2.24) is 15.1 Å². The number of methoxy groups -OCH3 is 1. The average molecular weight is 373 g/mol. The van der Waals surface area contributed by atoms with Gasteiger partial charge in [0.25, 0.3) is 0 Å². The number of ether oxygens (including phenoxy) is 1. The minimum absolute atomic E-state index is 0.0339. The van der Waals surface area contributed by atoms with Gasteiger partial charge in [0, 0.05) is 25.6 Å². The van der Waals surface area contributed by atoms with Crippen LogP contribution in [0.2, 0.25) is 0 Å². The second-order valence-electron chi connectivity index (χ2n) is 7.56. The van der Waals surface area contributed by atoms with Crippen LogP contribution in [0.4, 0.5) is 0 Å². The van der Waals surface area contributed by atoms with Gasteiger partial charge in [0.05, 0.1) is 13.7 Å². The van der Waals surface area contributed by atoms with Gasteiger partial charge in [-0.2, -0.15) is 0 Å². The highest BCUT2D eigenvalue weighted by atomic mass is 16.5. The zero-order chi connectivity index (χ0) is 19.1. The lowest BCUT2D eigenvalue weighted by atomic mass is 9.94. The molecule has 1 N–H and O–H groups in total. The Balaban J connectivity index is 1.36. The summed E-state index contributed by atoms with van der Waals surface area (Å²) < 4.78 is 5.14. The van der Waals surface area contributed by atoms with Crippen molar-refractivity contribution in [2.75, 3.05) is 39.8 Å². The third-order valence-corrected chi connectivity index (χ3v) is 5.62. The number of amides is 2. The topological polar surface area (TPSA) is 61.9 Å². The van der Waals surface area contributed by atoms with Gasteiger partial charge in [-0.25, -0.2) is 0 Å². The molecule has 0 atom stereocenters. The molecule has 3 rings (SSSR count). The largest absolute Gasteiger partial charge is 0.497 e. The van der Waals surface area contributed by atoms with Crippen molar-refractivity contribution in [2.45, 2.75) is 38.6 Å². The van der Waals surface area contributed by atoms with E-state index < -0.39 is 0 Å². The molecule has 2 aliphatic rings. The molecule has 0 aromatic heterocycles. The van der Waals surface area contributed by atoms with Crippen molar-refractivity contribution in [1.29, 1.82) is 0 Å². The minimum atomic E-state index is 0.0339. The monoisotopic (exact) mass is 373 g/mol. The molecule has 0 aliphatic carbocycles. The van der Waals surface area contributed by atoms with E-state index in [9.17, 15) is 9.59 Å². The summed E-state index contributed by atoms with van der Waals surface area (Å²) in [6, 6.07) is 7.70. The smallest absolute Gasteiger partial charge is 0.234 e. The maximum absolute atomic E-state index is 12.6. The Bertz CT molecular complexity index is 618. The maximum atomic E-state index is 12.6. The molecule has 2 heterocycles. The van der Waals surface area contributed by atoms with E-state index >= 15 is 0 Å². The average Bonchev–Trinajstić information content (AvgIpc) is 2.73. The molecule has 2 saturated heterocycles. The Morgan fingerprint density at radius 2 is 1.70 bits per heavy atom. The number of hydrogen-bond acceptors (Lipinski definition) is 4. The molecular formula is C21H31N3O3. The van der Waals surface area contributed by atoms with E-state index in [2.05, 4.69) is 10.2 Å². The number of nitrogens with zero attached hydrogens (tertiary/aromatic N) is 2. The number of hydrogen-bond donors (Lipinski definition) is 1. The minimum Gasteiger partial charge on any atom is -0.497 e. The highest BCUT2D eigenvalue weighted by molar-refractivity contribution is 5.79. The van der Waals surface area contributed by atoms with E-state index in [0.717, 1.165) is 63.2 Å². The van der Waals surface area contributed by atoms with Crippen molar-refractivity contribution in [3.63, 3.8) is 0 Å². The summed E-state index contributed by atoms with van der Waals surface area (Å²) in [5.74, 6) is 1.32. The zero-order valence-corrected chi connectivity index (χ0v) is 16.3. The molecule has 0 saturated carbocycles. The summed E-state index contributed by atoms with van der Waals surface area (Å²) in [4.78, 5) is 29.0. The number of benzene rings is 1. The molecule has 1 aromatic carbocycles. The summed E-state index contributed by atoms with van der Waals surface area (Å²) in [6.07, 6.45) is 5.24. The molecule has 2 aliphatic heterocycles. The van der Waals surface area contributed by atoms with E-state index in [1.54, 1.807) is 7.11 Å². The molecule has 0 radical (unpaired) electrons. The first-order valence-electron chi connectivity index (χ1n) is 10.1. The Labute approximate surface area is 161 Å². The lowest BCUT2D eigenvalue weighted by molar-refractivity contribution is -0.138. The summed E-state index contributed by atoms with van der Waals surface area (Å²) in [5, 5.41) is 2.97. The Morgan fingerprint density at radius 1 is 1.04 bits per heavy atom. The first-order valence-corrected chi connectivity index (χ1v) is 10.1. The number of nitrogens with one attached hydrogen (secondary N) is 1. The van der Waals surface area contributed by atoms with Gasteiger partial charge in [-0.1, -0.05) is 12.1 Å². The summed E-state index contributed by atoms with van der Waals surface area (Å²) in [5.41, 5.74) is 1.05. The third-order valence-electron chi connectivity index (χ3n) is 5.62. The molecule has 0 bridgehead atoms. The van der Waals surface area contributed by atoms with Crippen LogP contribution in [-0.2, 0) is 16.1 Å². The van der Waals surface area contributed by atoms with Crippen LogP contribution in [0.15, 0.2) is 24.3 Å². The predicted octanol–water partition coefficient (Wildman–Crippen LogP) is 2.04. The lowest BCUT2D eigenvalue weighted by Crippen LogP contribution is -2.46. The first-order chi connectivity index (χ1) is 13.2. The second kappa shape index (κ2) is 9.74. The molecule has 2 fully saturated rings. The highest BCUT2D eigenvalue weighted by Gasteiger charge is 2.29. The quantitative estimate of drug-likeness (QED) is 0.829. The van der Waals surface area contributed by atoms with Crippen LogP contribution < -0.4 is 10.1 Å². The molecule has 0 spiro atoms.